The van der Waals surface area contributed by atoms with Gasteiger partial charge in [0.05, 0.1) is 33.1 Å². The molecule has 0 unspecified atom stereocenters. The van der Waals surface area contributed by atoms with Crippen LogP contribution in [0, 0.1) is 5.41 Å². The number of aromatic nitrogens is 1. The van der Waals surface area contributed by atoms with Crippen molar-refractivity contribution < 1.29 is 9.69 Å². The van der Waals surface area contributed by atoms with Crippen LogP contribution in [0.15, 0.2) is 29.6 Å². The molecule has 0 aromatic carbocycles. The third kappa shape index (κ3) is 7.02. The summed E-state index contributed by atoms with van der Waals surface area (Å²) in [6, 6.07) is 5.37. The second-order valence-electron chi connectivity index (χ2n) is 4.11. The van der Waals surface area contributed by atoms with Crippen LogP contribution in [0.25, 0.3) is 0 Å². The summed E-state index contributed by atoms with van der Waals surface area (Å²) in [5, 5.41) is 20.9. The van der Waals surface area contributed by atoms with Gasteiger partial charge in [0.2, 0.25) is 0 Å². The lowest BCUT2D eigenvalue weighted by atomic mass is 10.4. The van der Waals surface area contributed by atoms with Gasteiger partial charge in [0.25, 0.3) is 5.96 Å². The molecule has 3 N–H and O–H groups in total. The molecule has 1 aromatic heterocycles. The summed E-state index contributed by atoms with van der Waals surface area (Å²) in [6.07, 6.45) is 2.91. The van der Waals surface area contributed by atoms with E-state index >= 15 is 0 Å². The molecular formula is C11H20N5O+. The molecule has 0 spiro atoms. The fraction of sp³-hybridized carbons (Fsp3) is 0.364. The second kappa shape index (κ2) is 7.34. The quantitative estimate of drug-likeness (QED) is 0.222. The molecule has 6 nitrogen and oxygen atoms in total. The number of guanidine groups is 1. The summed E-state index contributed by atoms with van der Waals surface area (Å²) < 4.78 is 0.552. The van der Waals surface area contributed by atoms with Crippen molar-refractivity contribution in [3.05, 3.63) is 30.1 Å². The van der Waals surface area contributed by atoms with E-state index in [4.69, 9.17) is 10.6 Å². The average Bonchev–Trinajstić information content (AvgIpc) is 2.29. The highest BCUT2D eigenvalue weighted by Crippen LogP contribution is 1.87. The zero-order valence-electron chi connectivity index (χ0n) is 10.7. The van der Waals surface area contributed by atoms with Gasteiger partial charge in [0.1, 0.15) is 0 Å². The smallest absolute Gasteiger partial charge is 0.293 e. The second-order valence-corrected chi connectivity index (χ2v) is 4.11. The zero-order valence-corrected chi connectivity index (χ0v) is 10.7. The summed E-state index contributed by atoms with van der Waals surface area (Å²) in [5.74, 6) is 0.519. The Morgan fingerprint density at radius 1 is 1.47 bits per heavy atom. The van der Waals surface area contributed by atoms with Gasteiger partial charge in [-0.2, -0.15) is 0 Å². The first kappa shape index (κ1) is 15.0. The van der Waals surface area contributed by atoms with Gasteiger partial charge >= 0.3 is 0 Å². The number of pyridine rings is 1. The number of rotatable bonds is 1. The molecule has 1 rings (SSSR count). The number of quaternary nitrogens is 1. The SMILES string of the molecule is CNC(=N)[N+](C)(C)C.ON=Cc1ccccn1. The standard InChI is InChI=1S/C6H6N2O.C5H14N3/c9-8-5-6-3-1-2-4-7-6;1-7-5(6)8(2,3)4/h1-5,9H;1-4H3,(H2,6,7)/q;+1. The summed E-state index contributed by atoms with van der Waals surface area (Å²) >= 11 is 0. The van der Waals surface area contributed by atoms with Crippen molar-refractivity contribution in [1.29, 1.82) is 5.41 Å². The van der Waals surface area contributed by atoms with Crippen molar-refractivity contribution >= 4 is 12.2 Å². The summed E-state index contributed by atoms with van der Waals surface area (Å²) in [4.78, 5) is 3.86. The minimum absolute atomic E-state index is 0.519. The van der Waals surface area contributed by atoms with Gasteiger partial charge in [-0.15, -0.1) is 0 Å². The maximum Gasteiger partial charge on any atom is 0.293 e. The van der Waals surface area contributed by atoms with Crippen molar-refractivity contribution in [3.63, 3.8) is 0 Å². The first-order valence-electron chi connectivity index (χ1n) is 5.08. The molecule has 0 amide bonds. The molecule has 0 saturated carbocycles. The fourth-order valence-corrected chi connectivity index (χ4v) is 0.847. The van der Waals surface area contributed by atoms with Gasteiger partial charge in [-0.1, -0.05) is 11.2 Å². The average molecular weight is 238 g/mol. The third-order valence-corrected chi connectivity index (χ3v) is 1.79. The summed E-state index contributed by atoms with van der Waals surface area (Å²) in [5.41, 5.74) is 0.653. The Balaban J connectivity index is 0.000000304. The number of nitrogens with one attached hydrogen (secondary N) is 2. The van der Waals surface area contributed by atoms with E-state index in [0.717, 1.165) is 0 Å². The van der Waals surface area contributed by atoms with E-state index in [1.807, 2.05) is 27.2 Å². The van der Waals surface area contributed by atoms with Crippen LogP contribution in [-0.4, -0.2) is 55.0 Å². The monoisotopic (exact) mass is 238 g/mol. The molecule has 17 heavy (non-hydrogen) atoms. The normalized spacial score (nSPS) is 10.6. The number of nitrogens with zero attached hydrogens (tertiary/aromatic N) is 3. The molecule has 1 aromatic rings. The Morgan fingerprint density at radius 2 is 2.12 bits per heavy atom. The molecule has 6 heteroatoms. The van der Waals surface area contributed by atoms with E-state index in [1.54, 1.807) is 25.4 Å². The first-order chi connectivity index (χ1) is 7.91. The Labute approximate surface area is 102 Å². The molecule has 0 radical (unpaired) electrons. The van der Waals surface area contributed by atoms with Crippen LogP contribution in [0.5, 0.6) is 0 Å². The number of oxime groups is 1. The lowest BCUT2D eigenvalue weighted by Crippen LogP contribution is -2.47. The fourth-order valence-electron chi connectivity index (χ4n) is 0.847. The van der Waals surface area contributed by atoms with E-state index < -0.39 is 0 Å². The molecule has 94 valence electrons. The Kier molecular flexibility index (Phi) is 6.50. The highest BCUT2D eigenvalue weighted by Gasteiger charge is 2.12. The van der Waals surface area contributed by atoms with Crippen LogP contribution in [0.4, 0.5) is 0 Å². The predicted molar refractivity (Wildman–Crippen MR) is 68.4 cm³/mol. The lowest BCUT2D eigenvalue weighted by Gasteiger charge is -2.22. The minimum atomic E-state index is 0.519. The van der Waals surface area contributed by atoms with Crippen molar-refractivity contribution in [2.75, 3.05) is 28.2 Å². The van der Waals surface area contributed by atoms with Gasteiger partial charge in [0, 0.05) is 13.2 Å². The van der Waals surface area contributed by atoms with Gasteiger partial charge < -0.3 is 10.5 Å². The Bertz CT molecular complexity index is 356. The largest absolute Gasteiger partial charge is 0.411 e. The van der Waals surface area contributed by atoms with E-state index in [-0.39, 0.29) is 0 Å². The third-order valence-electron chi connectivity index (χ3n) is 1.79. The van der Waals surface area contributed by atoms with E-state index in [2.05, 4.69) is 15.5 Å². The van der Waals surface area contributed by atoms with Crippen molar-refractivity contribution in [2.45, 2.75) is 0 Å². The zero-order chi connectivity index (χ0) is 13.3. The molecule has 0 saturated heterocycles. The minimum Gasteiger partial charge on any atom is -0.411 e. The molecule has 0 bridgehead atoms. The predicted octanol–water partition coefficient (Wildman–Crippen LogP) is 0.736. The number of hydrogen-bond acceptors (Lipinski definition) is 4. The molecule has 0 aliphatic heterocycles. The highest BCUT2D eigenvalue weighted by molar-refractivity contribution is 5.75. The number of hydrogen-bond donors (Lipinski definition) is 3. The van der Waals surface area contributed by atoms with Crippen LogP contribution in [0.1, 0.15) is 5.69 Å². The topological polar surface area (TPSA) is 81.4 Å². The lowest BCUT2D eigenvalue weighted by molar-refractivity contribution is -0.780. The maximum absolute atomic E-state index is 8.05. The van der Waals surface area contributed by atoms with Crippen LogP contribution >= 0.6 is 0 Å². The van der Waals surface area contributed by atoms with Crippen LogP contribution in [-0.2, 0) is 0 Å². The van der Waals surface area contributed by atoms with Crippen LogP contribution < -0.4 is 5.32 Å². The van der Waals surface area contributed by atoms with Gasteiger partial charge in [-0.3, -0.25) is 9.47 Å². The van der Waals surface area contributed by atoms with E-state index in [0.29, 0.717) is 16.1 Å². The molecule has 0 aliphatic carbocycles. The molecule has 0 atom stereocenters. The van der Waals surface area contributed by atoms with Gasteiger partial charge in [-0.05, 0) is 12.1 Å². The summed E-state index contributed by atoms with van der Waals surface area (Å²) in [6.45, 7) is 0. The van der Waals surface area contributed by atoms with Crippen LogP contribution in [0.3, 0.4) is 0 Å². The first-order valence-corrected chi connectivity index (χ1v) is 5.08. The Morgan fingerprint density at radius 3 is 2.41 bits per heavy atom. The van der Waals surface area contributed by atoms with E-state index in [9.17, 15) is 0 Å². The van der Waals surface area contributed by atoms with E-state index in [1.165, 1.54) is 6.21 Å². The molecule has 0 fully saturated rings. The highest BCUT2D eigenvalue weighted by atomic mass is 16.4. The van der Waals surface area contributed by atoms with Crippen molar-refractivity contribution in [1.82, 2.24) is 10.3 Å². The van der Waals surface area contributed by atoms with Crippen molar-refractivity contribution in [2.24, 2.45) is 5.16 Å². The van der Waals surface area contributed by atoms with Crippen LogP contribution in [0.2, 0.25) is 0 Å². The molecular weight excluding hydrogens is 218 g/mol. The molecule has 0 aliphatic rings. The summed E-state index contributed by atoms with van der Waals surface area (Å²) in [7, 11) is 7.59. The van der Waals surface area contributed by atoms with Gasteiger partial charge in [-0.25, -0.2) is 5.41 Å². The molecule has 1 heterocycles. The van der Waals surface area contributed by atoms with Crippen molar-refractivity contribution in [3.8, 4) is 0 Å². The maximum atomic E-state index is 8.05. The Hall–Kier alpha value is -1.95. The van der Waals surface area contributed by atoms with Gasteiger partial charge in [0.15, 0.2) is 0 Å².